The average molecular weight is 1030 g/mol. The second kappa shape index (κ2) is 28.8. The highest BCUT2D eigenvalue weighted by Gasteiger charge is 2.53. The molecule has 15 atom stereocenters. The van der Waals surface area contributed by atoms with Crippen LogP contribution in [0.1, 0.15) is 137 Å². The lowest BCUT2D eigenvalue weighted by atomic mass is 9.78. The first-order chi connectivity index (χ1) is 35.2. The van der Waals surface area contributed by atoms with Gasteiger partial charge >= 0.3 is 5.97 Å². The van der Waals surface area contributed by atoms with Crippen molar-refractivity contribution < 1.29 is 67.7 Å². The Balaban J connectivity index is 1.43. The molecule has 1 saturated carbocycles. The molecule has 412 valence electrons. The van der Waals surface area contributed by atoms with Crippen molar-refractivity contribution in [2.75, 3.05) is 27.9 Å². The molecule has 15 nitrogen and oxygen atoms in total. The Labute approximate surface area is 440 Å². The minimum absolute atomic E-state index is 0.0120. The first kappa shape index (κ1) is 60.7. The second-order valence-electron chi connectivity index (χ2n) is 21.8. The third kappa shape index (κ3) is 16.2. The molecule has 3 heterocycles. The predicted octanol–water partition coefficient (Wildman–Crippen LogP) is 7.90. The van der Waals surface area contributed by atoms with Crippen molar-refractivity contribution in [1.82, 2.24) is 4.90 Å². The van der Waals surface area contributed by atoms with Crippen LogP contribution in [0, 0.1) is 35.5 Å². The minimum atomic E-state index is -2.44. The number of methoxy groups -OCH3 is 3. The third-order valence-electron chi connectivity index (χ3n) is 16.1. The molecule has 1 aliphatic carbocycles. The van der Waals surface area contributed by atoms with E-state index in [1.165, 1.54) is 12.0 Å². The lowest BCUT2D eigenvalue weighted by molar-refractivity contribution is -0.265. The number of allylic oxidation sites excluding steroid dienone is 6. The van der Waals surface area contributed by atoms with E-state index in [4.69, 9.17) is 28.4 Å². The van der Waals surface area contributed by atoms with Gasteiger partial charge in [0.2, 0.25) is 5.79 Å². The van der Waals surface area contributed by atoms with E-state index in [0.29, 0.717) is 63.5 Å². The number of Topliss-reactive ketones (excluding diaryl/α,β-unsaturated/α-hetero) is 3. The number of fused-ring (bicyclic) bond motifs is 3. The van der Waals surface area contributed by atoms with Crippen LogP contribution in [0.15, 0.2) is 71.9 Å². The topological polar surface area (TPSA) is 205 Å². The molecule has 1 aromatic carbocycles. The van der Waals surface area contributed by atoms with E-state index in [2.05, 4.69) is 0 Å². The van der Waals surface area contributed by atoms with Gasteiger partial charge in [0.15, 0.2) is 5.78 Å². The van der Waals surface area contributed by atoms with E-state index < -0.39 is 77.8 Å². The maximum absolute atomic E-state index is 14.6. The number of hydrogen-bond acceptors (Lipinski definition) is 14. The number of nitrogens with zero attached hydrogens (tertiary/aromatic N) is 1. The molecule has 0 unspecified atom stereocenters. The van der Waals surface area contributed by atoms with Gasteiger partial charge in [0, 0.05) is 58.5 Å². The molecule has 3 fully saturated rings. The van der Waals surface area contributed by atoms with Crippen LogP contribution >= 0.6 is 0 Å². The highest BCUT2D eigenvalue weighted by molar-refractivity contribution is 6.39. The number of aliphatic hydroxyl groups is 3. The molecule has 1 aromatic rings. The van der Waals surface area contributed by atoms with Crippen LogP contribution in [0.4, 0.5) is 0 Å². The summed E-state index contributed by atoms with van der Waals surface area (Å²) in [7, 11) is 4.63. The molecule has 5 rings (SSSR count). The predicted molar refractivity (Wildman–Crippen MR) is 280 cm³/mol. The number of ketones is 3. The van der Waals surface area contributed by atoms with Gasteiger partial charge in [0.1, 0.15) is 30.1 Å². The molecule has 74 heavy (non-hydrogen) atoms. The number of carbonyl (C=O) groups excluding carboxylic acids is 5. The fraction of sp³-hybridized carbons (Fsp3) is 0.678. The molecule has 3 N–H and O–H groups in total. The van der Waals surface area contributed by atoms with Gasteiger partial charge in [-0.05, 0) is 118 Å². The van der Waals surface area contributed by atoms with E-state index in [-0.39, 0.29) is 67.5 Å². The first-order valence-corrected chi connectivity index (χ1v) is 27.0. The Bertz CT molecular complexity index is 2150. The monoisotopic (exact) mass is 1030 g/mol. The normalized spacial score (nSPS) is 36.9. The number of piperidine rings is 1. The SMILES string of the molecule is CO[C@H]1C[C@@H]2CC[C@@H](C)[C@@](O)(O2)C(=O)C(=O)N2CCCC[C@H]2C(=O)O[C@H]([C@H](C)C[C@@H]2CC[C@@H](OCc3ccc(CO)cc3)[C@H](OC)C2)CC(=O)[C@H](C)/C=C(\C)[C@@H](O)[C@@H](OC)C(=O)[C@H](C)C[C@H](C)/C=C/C=C/C=C/1C. The van der Waals surface area contributed by atoms with Gasteiger partial charge in [-0.2, -0.15) is 0 Å². The number of carbonyl (C=O) groups is 5. The van der Waals surface area contributed by atoms with Crippen molar-refractivity contribution in [1.29, 1.82) is 0 Å². The quantitative estimate of drug-likeness (QED) is 0.116. The van der Waals surface area contributed by atoms with Crippen molar-refractivity contribution in [3.05, 3.63) is 83.0 Å². The average Bonchev–Trinajstić information content (AvgIpc) is 3.39. The Kier molecular flexibility index (Phi) is 23.6. The fourth-order valence-electron chi connectivity index (χ4n) is 11.2. The Morgan fingerprint density at radius 3 is 2.20 bits per heavy atom. The van der Waals surface area contributed by atoms with Crippen molar-refractivity contribution in [3.63, 3.8) is 0 Å². The van der Waals surface area contributed by atoms with E-state index in [1.54, 1.807) is 41.1 Å². The van der Waals surface area contributed by atoms with Crippen molar-refractivity contribution in [3.8, 4) is 0 Å². The molecule has 4 aliphatic rings. The van der Waals surface area contributed by atoms with E-state index in [0.717, 1.165) is 29.5 Å². The lowest BCUT2D eigenvalue weighted by Crippen LogP contribution is -2.61. The summed E-state index contributed by atoms with van der Waals surface area (Å²) in [6.45, 7) is 13.2. The molecule has 0 spiro atoms. The molecule has 15 heteroatoms. The number of ether oxygens (including phenoxy) is 6. The third-order valence-corrected chi connectivity index (χ3v) is 16.1. The molecule has 0 radical (unpaired) electrons. The smallest absolute Gasteiger partial charge is 0.329 e. The van der Waals surface area contributed by atoms with E-state index in [1.807, 2.05) is 82.3 Å². The van der Waals surface area contributed by atoms with Crippen LogP contribution in [-0.2, 0) is 65.6 Å². The van der Waals surface area contributed by atoms with Crippen LogP contribution in [0.25, 0.3) is 0 Å². The molecule has 0 aromatic heterocycles. The summed E-state index contributed by atoms with van der Waals surface area (Å²) in [6, 6.07) is 6.46. The maximum Gasteiger partial charge on any atom is 0.329 e. The van der Waals surface area contributed by atoms with Crippen molar-refractivity contribution in [2.45, 2.75) is 193 Å². The highest BCUT2D eigenvalue weighted by atomic mass is 16.6. The fourth-order valence-corrected chi connectivity index (χ4v) is 11.2. The molecular weight excluding hydrogens is 947 g/mol. The summed E-state index contributed by atoms with van der Waals surface area (Å²) in [5.74, 6) is -7.99. The van der Waals surface area contributed by atoms with E-state index >= 15 is 0 Å². The summed E-state index contributed by atoms with van der Waals surface area (Å²) in [4.78, 5) is 72.6. The van der Waals surface area contributed by atoms with Crippen molar-refractivity contribution in [2.24, 2.45) is 35.5 Å². The zero-order chi connectivity index (χ0) is 54.3. The number of rotatable bonds is 10. The summed E-state index contributed by atoms with van der Waals surface area (Å²) >= 11 is 0. The number of cyclic esters (lactones) is 1. The summed E-state index contributed by atoms with van der Waals surface area (Å²) in [5, 5.41) is 33.0. The van der Waals surface area contributed by atoms with Crippen molar-refractivity contribution >= 4 is 29.2 Å². The zero-order valence-corrected chi connectivity index (χ0v) is 45.7. The van der Waals surface area contributed by atoms with Crippen LogP contribution in [0.5, 0.6) is 0 Å². The molecular formula is C59H87NO14. The molecule has 3 aliphatic heterocycles. The summed E-state index contributed by atoms with van der Waals surface area (Å²) < 4.78 is 36.4. The Morgan fingerprint density at radius 1 is 0.811 bits per heavy atom. The minimum Gasteiger partial charge on any atom is -0.460 e. The van der Waals surface area contributed by atoms with Crippen LogP contribution in [-0.4, -0.2) is 132 Å². The van der Waals surface area contributed by atoms with Gasteiger partial charge in [0.05, 0.1) is 37.6 Å². The van der Waals surface area contributed by atoms with Gasteiger partial charge < -0.3 is 48.6 Å². The Hall–Kier alpha value is -4.19. The number of hydrogen-bond donors (Lipinski definition) is 3. The van der Waals surface area contributed by atoms with Crippen LogP contribution in [0.3, 0.4) is 0 Å². The highest BCUT2D eigenvalue weighted by Crippen LogP contribution is 2.38. The standard InChI is InChI=1S/C59H87NO14/c1-36-16-12-11-13-17-37(2)50(69-8)32-46-25-19-42(7)59(68,74-46)56(65)57(66)60-27-15-14-18-47(60)58(67)73-51(33-48(62)38(3)29-41(6)54(64)55(71-10)53(63)40(5)28-36)39(4)30-45-24-26-49(52(31-45)70-9)72-35-44-22-20-43(34-61)21-23-44/h11-13,16-17,20-23,29,36,38-40,42,45-47,49-52,54-55,61,64,68H,14-15,18-19,24-28,30-35H2,1-10H3/b13-11+,16-12+,37-17+,41-29+/t36-,38-,39-,40-,42-,45+,46+,47+,49-,50+,51+,52-,54-,55+,59-/m1/s1. The first-order valence-electron chi connectivity index (χ1n) is 27.0. The maximum atomic E-state index is 14.6. The van der Waals surface area contributed by atoms with Gasteiger partial charge in [-0.1, -0.05) is 95.3 Å². The zero-order valence-electron chi connectivity index (χ0n) is 45.7. The van der Waals surface area contributed by atoms with Gasteiger partial charge in [0.25, 0.3) is 11.7 Å². The molecule has 1 amide bonds. The van der Waals surface area contributed by atoms with Gasteiger partial charge in [-0.15, -0.1) is 0 Å². The summed E-state index contributed by atoms with van der Waals surface area (Å²) in [5.41, 5.74) is 3.07. The number of aliphatic hydroxyl groups excluding tert-OH is 2. The number of benzene rings is 1. The van der Waals surface area contributed by atoms with E-state index in [9.17, 15) is 39.3 Å². The lowest BCUT2D eigenvalue weighted by Gasteiger charge is -2.42. The van der Waals surface area contributed by atoms with Crippen LogP contribution < -0.4 is 0 Å². The van der Waals surface area contributed by atoms with Gasteiger partial charge in [-0.25, -0.2) is 4.79 Å². The number of esters is 1. The van der Waals surface area contributed by atoms with Crippen LogP contribution in [0.2, 0.25) is 0 Å². The molecule has 2 bridgehead atoms. The Morgan fingerprint density at radius 2 is 1.53 bits per heavy atom. The summed E-state index contributed by atoms with van der Waals surface area (Å²) in [6.07, 6.45) is 12.0. The second-order valence-corrected chi connectivity index (χ2v) is 21.8. The van der Waals surface area contributed by atoms with Gasteiger partial charge in [-0.3, -0.25) is 19.2 Å². The largest absolute Gasteiger partial charge is 0.460 e. The number of amides is 1. The molecule has 2 saturated heterocycles.